The average molecular weight is 343 g/mol. The number of anilines is 1. The van der Waals surface area contributed by atoms with Gasteiger partial charge in [-0.1, -0.05) is 15.9 Å². The maximum absolute atomic E-state index is 11.7. The predicted octanol–water partition coefficient (Wildman–Crippen LogP) is 2.86. The molecule has 0 fully saturated rings. The van der Waals surface area contributed by atoms with Crippen LogP contribution < -0.4 is 10.2 Å². The highest BCUT2D eigenvalue weighted by Gasteiger charge is 2.12. The molecule has 2 amide bonds. The molecule has 0 radical (unpaired) electrons. The lowest BCUT2D eigenvalue weighted by Crippen LogP contribution is -2.37. The van der Waals surface area contributed by atoms with Crippen molar-refractivity contribution in [2.24, 2.45) is 0 Å². The molecule has 0 atom stereocenters. The van der Waals surface area contributed by atoms with Gasteiger partial charge in [0.2, 0.25) is 5.91 Å². The average Bonchev–Trinajstić information content (AvgIpc) is 2.38. The summed E-state index contributed by atoms with van der Waals surface area (Å²) in [6.45, 7) is 6.27. The topological polar surface area (TPSA) is 58.6 Å². The van der Waals surface area contributed by atoms with Gasteiger partial charge in [0.15, 0.2) is 0 Å². The molecule has 1 aromatic rings. The van der Waals surface area contributed by atoms with Gasteiger partial charge in [0.1, 0.15) is 0 Å². The van der Waals surface area contributed by atoms with Crippen molar-refractivity contribution in [2.45, 2.75) is 20.8 Å². The molecule has 1 aromatic carbocycles. The van der Waals surface area contributed by atoms with E-state index < -0.39 is 6.09 Å². The van der Waals surface area contributed by atoms with Crippen LogP contribution in [0.2, 0.25) is 0 Å². The molecular weight excluding hydrogens is 324 g/mol. The molecule has 0 saturated carbocycles. The molecular formula is C14H19BrN2O3. The largest absolute Gasteiger partial charge is 0.450 e. The van der Waals surface area contributed by atoms with Crippen LogP contribution in [0.5, 0.6) is 0 Å². The second-order valence-electron chi connectivity index (χ2n) is 4.25. The Hall–Kier alpha value is -1.56. The van der Waals surface area contributed by atoms with Crippen LogP contribution in [0.1, 0.15) is 19.4 Å². The Balaban J connectivity index is 2.67. The summed E-state index contributed by atoms with van der Waals surface area (Å²) in [7, 11) is 0. The van der Waals surface area contributed by atoms with Crippen LogP contribution in [0.3, 0.4) is 0 Å². The number of rotatable bonds is 5. The van der Waals surface area contributed by atoms with Crippen LogP contribution in [-0.4, -0.2) is 31.7 Å². The number of nitrogens with zero attached hydrogens (tertiary/aromatic N) is 1. The third-order valence-electron chi connectivity index (χ3n) is 2.71. The number of alkyl carbamates (subject to hydrolysis) is 1. The summed E-state index contributed by atoms with van der Waals surface area (Å²) in [6, 6.07) is 5.69. The molecule has 1 N–H and O–H groups in total. The van der Waals surface area contributed by atoms with Gasteiger partial charge in [-0.25, -0.2) is 4.79 Å². The fraction of sp³-hybridized carbons (Fsp3) is 0.429. The van der Waals surface area contributed by atoms with Crippen molar-refractivity contribution in [3.63, 3.8) is 0 Å². The molecule has 0 aliphatic rings. The number of nitrogens with one attached hydrogen (secondary N) is 1. The van der Waals surface area contributed by atoms with Gasteiger partial charge in [-0.15, -0.1) is 0 Å². The van der Waals surface area contributed by atoms with Crippen LogP contribution in [-0.2, 0) is 9.53 Å². The maximum Gasteiger partial charge on any atom is 0.407 e. The Labute approximate surface area is 127 Å². The van der Waals surface area contributed by atoms with E-state index in [4.69, 9.17) is 4.74 Å². The first-order valence-corrected chi connectivity index (χ1v) is 7.20. The highest BCUT2D eigenvalue weighted by atomic mass is 79.9. The summed E-state index contributed by atoms with van der Waals surface area (Å²) < 4.78 is 5.76. The molecule has 0 heterocycles. The zero-order chi connectivity index (χ0) is 15.1. The number of hydrogen-bond donors (Lipinski definition) is 1. The van der Waals surface area contributed by atoms with Crippen molar-refractivity contribution in [3.8, 4) is 0 Å². The first-order valence-electron chi connectivity index (χ1n) is 6.40. The van der Waals surface area contributed by atoms with E-state index in [1.54, 1.807) is 11.8 Å². The van der Waals surface area contributed by atoms with Gasteiger partial charge in [-0.3, -0.25) is 4.79 Å². The zero-order valence-corrected chi connectivity index (χ0v) is 13.5. The maximum atomic E-state index is 11.7. The molecule has 0 spiro atoms. The summed E-state index contributed by atoms with van der Waals surface area (Å²) in [4.78, 5) is 24.5. The van der Waals surface area contributed by atoms with Crippen molar-refractivity contribution >= 4 is 33.6 Å². The molecule has 0 aliphatic carbocycles. The van der Waals surface area contributed by atoms with E-state index >= 15 is 0 Å². The minimum Gasteiger partial charge on any atom is -0.450 e. The Morgan fingerprint density at radius 3 is 2.65 bits per heavy atom. The van der Waals surface area contributed by atoms with Gasteiger partial charge >= 0.3 is 6.09 Å². The van der Waals surface area contributed by atoms with Crippen molar-refractivity contribution in [3.05, 3.63) is 28.2 Å². The quantitative estimate of drug-likeness (QED) is 0.894. The van der Waals surface area contributed by atoms with Crippen molar-refractivity contribution in [2.75, 3.05) is 24.6 Å². The summed E-state index contributed by atoms with van der Waals surface area (Å²) >= 11 is 3.43. The van der Waals surface area contributed by atoms with E-state index in [2.05, 4.69) is 21.2 Å². The van der Waals surface area contributed by atoms with Crippen molar-refractivity contribution in [1.29, 1.82) is 0 Å². The highest BCUT2D eigenvalue weighted by Crippen LogP contribution is 2.22. The lowest BCUT2D eigenvalue weighted by Gasteiger charge is -2.22. The first kappa shape index (κ1) is 16.5. The van der Waals surface area contributed by atoms with Gasteiger partial charge in [0, 0.05) is 30.2 Å². The SMILES string of the molecule is CCOC(=O)NCCN(C(C)=O)c1ccc(Br)c(C)c1. The molecule has 0 unspecified atom stereocenters. The number of hydrogen-bond acceptors (Lipinski definition) is 3. The number of benzene rings is 1. The number of carbonyl (C=O) groups excluding carboxylic acids is 2. The third kappa shape index (κ3) is 4.85. The lowest BCUT2D eigenvalue weighted by molar-refractivity contribution is -0.116. The molecule has 6 heteroatoms. The standard InChI is InChI=1S/C14H19BrN2O3/c1-4-20-14(19)16-7-8-17(11(3)18)12-5-6-13(15)10(2)9-12/h5-6,9H,4,7-8H2,1-3H3,(H,16,19). The Morgan fingerprint density at radius 2 is 2.10 bits per heavy atom. The number of amides is 2. The zero-order valence-electron chi connectivity index (χ0n) is 11.9. The normalized spacial score (nSPS) is 10.0. The second-order valence-corrected chi connectivity index (χ2v) is 5.11. The molecule has 0 aromatic heterocycles. The first-order chi connectivity index (χ1) is 9.45. The van der Waals surface area contributed by atoms with Crippen LogP contribution >= 0.6 is 15.9 Å². The fourth-order valence-corrected chi connectivity index (χ4v) is 1.96. The van der Waals surface area contributed by atoms with E-state index in [1.807, 2.05) is 25.1 Å². The minimum absolute atomic E-state index is 0.0719. The molecule has 0 aliphatic heterocycles. The third-order valence-corrected chi connectivity index (χ3v) is 3.60. The number of aryl methyl sites for hydroxylation is 1. The van der Waals surface area contributed by atoms with Crippen LogP contribution in [0, 0.1) is 6.92 Å². The Morgan fingerprint density at radius 1 is 1.40 bits per heavy atom. The summed E-state index contributed by atoms with van der Waals surface area (Å²) in [5.41, 5.74) is 1.86. The monoisotopic (exact) mass is 342 g/mol. The summed E-state index contributed by atoms with van der Waals surface area (Å²) in [5, 5.41) is 2.60. The molecule has 0 saturated heterocycles. The smallest absolute Gasteiger partial charge is 0.407 e. The number of ether oxygens (including phenoxy) is 1. The van der Waals surface area contributed by atoms with Crippen LogP contribution in [0.4, 0.5) is 10.5 Å². The Kier molecular flexibility index (Phi) is 6.51. The molecule has 5 nitrogen and oxygen atoms in total. The van der Waals surface area contributed by atoms with E-state index in [9.17, 15) is 9.59 Å². The molecule has 0 bridgehead atoms. The van der Waals surface area contributed by atoms with E-state index in [1.165, 1.54) is 6.92 Å². The second kappa shape index (κ2) is 7.89. The van der Waals surface area contributed by atoms with Crippen LogP contribution in [0.25, 0.3) is 0 Å². The van der Waals surface area contributed by atoms with E-state index in [-0.39, 0.29) is 5.91 Å². The molecule has 110 valence electrons. The minimum atomic E-state index is -0.469. The molecule has 1 rings (SSSR count). The van der Waals surface area contributed by atoms with Crippen LogP contribution in [0.15, 0.2) is 22.7 Å². The van der Waals surface area contributed by atoms with E-state index in [0.29, 0.717) is 19.7 Å². The van der Waals surface area contributed by atoms with Crippen molar-refractivity contribution < 1.29 is 14.3 Å². The number of halogens is 1. The van der Waals surface area contributed by atoms with Gasteiger partial charge in [-0.2, -0.15) is 0 Å². The number of carbonyl (C=O) groups is 2. The van der Waals surface area contributed by atoms with Gasteiger partial charge < -0.3 is 15.0 Å². The van der Waals surface area contributed by atoms with Gasteiger partial charge in [-0.05, 0) is 37.6 Å². The van der Waals surface area contributed by atoms with Gasteiger partial charge in [0.25, 0.3) is 0 Å². The van der Waals surface area contributed by atoms with Crippen molar-refractivity contribution in [1.82, 2.24) is 5.32 Å². The highest BCUT2D eigenvalue weighted by molar-refractivity contribution is 9.10. The predicted molar refractivity (Wildman–Crippen MR) is 81.9 cm³/mol. The Bertz CT molecular complexity index is 491. The molecule has 20 heavy (non-hydrogen) atoms. The van der Waals surface area contributed by atoms with Gasteiger partial charge in [0.05, 0.1) is 6.61 Å². The lowest BCUT2D eigenvalue weighted by atomic mass is 10.2. The summed E-state index contributed by atoms with van der Waals surface area (Å²) in [6.07, 6.45) is -0.469. The summed E-state index contributed by atoms with van der Waals surface area (Å²) in [5.74, 6) is -0.0719. The van der Waals surface area contributed by atoms with E-state index in [0.717, 1.165) is 15.7 Å². The fourth-order valence-electron chi connectivity index (χ4n) is 1.72.